The number of nitrogens with one attached hydrogen (secondary N) is 1. The summed E-state index contributed by atoms with van der Waals surface area (Å²) in [6.07, 6.45) is 0.425. The summed E-state index contributed by atoms with van der Waals surface area (Å²) in [5.41, 5.74) is 0. The van der Waals surface area contributed by atoms with Gasteiger partial charge in [-0.15, -0.1) is 0 Å². The summed E-state index contributed by atoms with van der Waals surface area (Å²) >= 11 is 5.72. The number of rotatable bonds is 7. The van der Waals surface area contributed by atoms with Crippen molar-refractivity contribution in [3.8, 4) is 0 Å². The van der Waals surface area contributed by atoms with Crippen molar-refractivity contribution in [3.05, 3.63) is 23.4 Å². The number of carboxylic acid groups (broad SMARTS) is 1. The molecule has 0 aliphatic rings. The van der Waals surface area contributed by atoms with Crippen molar-refractivity contribution >= 4 is 29.3 Å². The predicted octanol–water partition coefficient (Wildman–Crippen LogP) is 0.387. The first kappa shape index (κ1) is 16.2. The van der Waals surface area contributed by atoms with E-state index in [1.165, 1.54) is 13.3 Å². The molecule has 1 atom stereocenters. The minimum Gasteiger partial charge on any atom is -0.479 e. The van der Waals surface area contributed by atoms with Gasteiger partial charge in [0.25, 0.3) is 0 Å². The Morgan fingerprint density at radius 2 is 2.25 bits per heavy atom. The number of aliphatic carboxylic acids is 1. The molecule has 0 radical (unpaired) electrons. The molecular formula is C12H16ClN3O4. The molecule has 0 saturated heterocycles. The van der Waals surface area contributed by atoms with E-state index >= 15 is 0 Å². The topological polar surface area (TPSA) is 91.8 Å². The quantitative estimate of drug-likeness (QED) is 0.757. The van der Waals surface area contributed by atoms with Gasteiger partial charge in [-0.1, -0.05) is 11.6 Å². The summed E-state index contributed by atoms with van der Waals surface area (Å²) < 4.78 is 4.71. The van der Waals surface area contributed by atoms with Crippen LogP contribution in [0.1, 0.15) is 0 Å². The number of carboxylic acids is 1. The minimum absolute atomic E-state index is 0.0463. The fraction of sp³-hybridized carbons (Fsp3) is 0.417. The van der Waals surface area contributed by atoms with E-state index in [4.69, 9.17) is 21.4 Å². The summed E-state index contributed by atoms with van der Waals surface area (Å²) in [5.74, 6) is -0.862. The van der Waals surface area contributed by atoms with Gasteiger partial charge in [0, 0.05) is 20.4 Å². The van der Waals surface area contributed by atoms with Gasteiger partial charge in [0.05, 0.1) is 18.1 Å². The first-order valence-corrected chi connectivity index (χ1v) is 6.16. The van der Waals surface area contributed by atoms with Crippen LogP contribution in [0, 0.1) is 0 Å². The van der Waals surface area contributed by atoms with Crippen molar-refractivity contribution in [2.24, 2.45) is 0 Å². The van der Waals surface area contributed by atoms with Gasteiger partial charge in [-0.2, -0.15) is 0 Å². The Labute approximate surface area is 121 Å². The molecule has 1 aromatic rings. The van der Waals surface area contributed by atoms with Gasteiger partial charge in [-0.3, -0.25) is 4.79 Å². The highest BCUT2D eigenvalue weighted by molar-refractivity contribution is 6.30. The van der Waals surface area contributed by atoms with Crippen molar-refractivity contribution in [2.75, 3.05) is 32.1 Å². The average molecular weight is 302 g/mol. The number of ether oxygens (including phenoxy) is 1. The summed E-state index contributed by atoms with van der Waals surface area (Å²) in [4.78, 5) is 28.1. The van der Waals surface area contributed by atoms with E-state index in [0.29, 0.717) is 10.8 Å². The van der Waals surface area contributed by atoms with Gasteiger partial charge in [0.1, 0.15) is 5.82 Å². The number of hydrogen-bond donors (Lipinski definition) is 2. The monoisotopic (exact) mass is 301 g/mol. The maximum absolute atomic E-state index is 11.7. The molecule has 1 amide bonds. The number of aromatic nitrogens is 1. The SMILES string of the molecule is COC(CNC(=O)CN(C)c1ccc(Cl)cn1)C(=O)O. The highest BCUT2D eigenvalue weighted by Gasteiger charge is 2.17. The van der Waals surface area contributed by atoms with Crippen molar-refractivity contribution in [2.45, 2.75) is 6.10 Å². The third kappa shape index (κ3) is 5.02. The van der Waals surface area contributed by atoms with Crippen LogP contribution in [0.2, 0.25) is 5.02 Å². The maximum atomic E-state index is 11.7. The second kappa shape index (κ2) is 7.66. The number of carbonyl (C=O) groups is 2. The second-order valence-corrected chi connectivity index (χ2v) is 4.49. The second-order valence-electron chi connectivity index (χ2n) is 4.06. The maximum Gasteiger partial charge on any atom is 0.334 e. The molecule has 0 bridgehead atoms. The standard InChI is InChI=1S/C12H16ClN3O4/c1-16(10-4-3-8(13)5-14-10)7-11(17)15-6-9(20-2)12(18)19/h3-5,9H,6-7H2,1-2H3,(H,15,17)(H,18,19). The molecule has 1 aromatic heterocycles. The van der Waals surface area contributed by atoms with Gasteiger partial charge in [-0.25, -0.2) is 9.78 Å². The third-order valence-electron chi connectivity index (χ3n) is 2.53. The van der Waals surface area contributed by atoms with Gasteiger partial charge >= 0.3 is 5.97 Å². The fourth-order valence-electron chi connectivity index (χ4n) is 1.42. The van der Waals surface area contributed by atoms with Crippen LogP contribution in [-0.4, -0.2) is 55.3 Å². The van der Waals surface area contributed by atoms with Crippen LogP contribution in [0.5, 0.6) is 0 Å². The Morgan fingerprint density at radius 3 is 2.75 bits per heavy atom. The van der Waals surface area contributed by atoms with E-state index < -0.39 is 12.1 Å². The normalized spacial score (nSPS) is 11.8. The summed E-state index contributed by atoms with van der Waals surface area (Å²) in [7, 11) is 2.97. The van der Waals surface area contributed by atoms with Crippen LogP contribution in [0.15, 0.2) is 18.3 Å². The lowest BCUT2D eigenvalue weighted by molar-refractivity contribution is -0.148. The lowest BCUT2D eigenvalue weighted by atomic mass is 10.3. The van der Waals surface area contributed by atoms with Crippen molar-refractivity contribution < 1.29 is 19.4 Å². The molecule has 110 valence electrons. The van der Waals surface area contributed by atoms with Gasteiger partial charge in [0.15, 0.2) is 6.10 Å². The minimum atomic E-state index is -1.12. The molecule has 1 rings (SSSR count). The Bertz CT molecular complexity index is 466. The first-order chi connectivity index (χ1) is 9.43. The van der Waals surface area contributed by atoms with Crippen LogP contribution in [-0.2, 0) is 14.3 Å². The molecule has 0 spiro atoms. The Hall–Kier alpha value is -1.86. The van der Waals surface area contributed by atoms with E-state index in [-0.39, 0.29) is 19.0 Å². The van der Waals surface area contributed by atoms with Crippen molar-refractivity contribution in [1.29, 1.82) is 0 Å². The number of methoxy groups -OCH3 is 1. The highest BCUT2D eigenvalue weighted by atomic mass is 35.5. The van der Waals surface area contributed by atoms with E-state index in [2.05, 4.69) is 10.3 Å². The number of nitrogens with zero attached hydrogens (tertiary/aromatic N) is 2. The summed E-state index contributed by atoms with van der Waals surface area (Å²) in [5, 5.41) is 11.8. The predicted molar refractivity (Wildman–Crippen MR) is 74.0 cm³/mol. The number of pyridine rings is 1. The smallest absolute Gasteiger partial charge is 0.334 e. The number of likely N-dealkylation sites (N-methyl/N-ethyl adjacent to an activating group) is 1. The molecule has 0 aliphatic carbocycles. The Kier molecular flexibility index (Phi) is 6.20. The zero-order valence-corrected chi connectivity index (χ0v) is 11.9. The Balaban J connectivity index is 2.45. The zero-order chi connectivity index (χ0) is 15.1. The van der Waals surface area contributed by atoms with Crippen molar-refractivity contribution in [3.63, 3.8) is 0 Å². The average Bonchev–Trinajstić information content (AvgIpc) is 2.39. The van der Waals surface area contributed by atoms with Crippen LogP contribution in [0.3, 0.4) is 0 Å². The number of halogens is 1. The molecule has 0 saturated carbocycles. The first-order valence-electron chi connectivity index (χ1n) is 5.79. The fourth-order valence-corrected chi connectivity index (χ4v) is 1.54. The molecule has 8 heteroatoms. The molecule has 0 aromatic carbocycles. The summed E-state index contributed by atoms with van der Waals surface area (Å²) in [6, 6.07) is 3.36. The van der Waals surface area contributed by atoms with Crippen LogP contribution in [0.25, 0.3) is 0 Å². The van der Waals surface area contributed by atoms with Crippen molar-refractivity contribution in [1.82, 2.24) is 10.3 Å². The molecule has 7 nitrogen and oxygen atoms in total. The molecular weight excluding hydrogens is 286 g/mol. The molecule has 2 N–H and O–H groups in total. The Morgan fingerprint density at radius 1 is 1.55 bits per heavy atom. The molecule has 1 heterocycles. The molecule has 20 heavy (non-hydrogen) atoms. The van der Waals surface area contributed by atoms with Crippen LogP contribution < -0.4 is 10.2 Å². The van der Waals surface area contributed by atoms with E-state index in [9.17, 15) is 9.59 Å². The molecule has 0 fully saturated rings. The van der Waals surface area contributed by atoms with E-state index in [1.54, 1.807) is 24.1 Å². The van der Waals surface area contributed by atoms with E-state index in [0.717, 1.165) is 0 Å². The van der Waals surface area contributed by atoms with Gasteiger partial charge < -0.3 is 20.1 Å². The highest BCUT2D eigenvalue weighted by Crippen LogP contribution is 2.12. The molecule has 0 aliphatic heterocycles. The number of hydrogen-bond acceptors (Lipinski definition) is 5. The lowest BCUT2D eigenvalue weighted by Crippen LogP contribution is -2.42. The van der Waals surface area contributed by atoms with E-state index in [1.807, 2.05) is 0 Å². The van der Waals surface area contributed by atoms with Crippen LogP contribution in [0.4, 0.5) is 5.82 Å². The van der Waals surface area contributed by atoms with Gasteiger partial charge in [0.2, 0.25) is 5.91 Å². The largest absolute Gasteiger partial charge is 0.479 e. The van der Waals surface area contributed by atoms with Gasteiger partial charge in [-0.05, 0) is 12.1 Å². The molecule has 1 unspecified atom stereocenters. The summed E-state index contributed by atoms with van der Waals surface area (Å²) in [6.45, 7) is -0.0444. The zero-order valence-electron chi connectivity index (χ0n) is 11.2. The third-order valence-corrected chi connectivity index (χ3v) is 2.75. The number of anilines is 1. The number of amides is 1. The van der Waals surface area contributed by atoms with Crippen LogP contribution >= 0.6 is 11.6 Å². The number of carbonyl (C=O) groups excluding carboxylic acids is 1. The lowest BCUT2D eigenvalue weighted by Gasteiger charge is -2.18.